The molecule has 1 aromatic carbocycles. The van der Waals surface area contributed by atoms with Gasteiger partial charge in [0.15, 0.2) is 0 Å². The highest BCUT2D eigenvalue weighted by molar-refractivity contribution is 5.93. The van der Waals surface area contributed by atoms with E-state index in [9.17, 15) is 14.0 Å². The van der Waals surface area contributed by atoms with E-state index in [2.05, 4.69) is 5.32 Å². The van der Waals surface area contributed by atoms with Crippen LogP contribution >= 0.6 is 0 Å². The van der Waals surface area contributed by atoms with Crippen LogP contribution in [0.5, 0.6) is 0 Å². The van der Waals surface area contributed by atoms with Crippen LogP contribution in [0.3, 0.4) is 0 Å². The first kappa shape index (κ1) is 14.9. The number of carboxylic acid groups (broad SMARTS) is 1. The molecule has 0 atom stereocenters. The van der Waals surface area contributed by atoms with Crippen molar-refractivity contribution in [2.75, 3.05) is 11.1 Å². The molecule has 1 amide bonds. The van der Waals surface area contributed by atoms with Crippen molar-refractivity contribution in [2.24, 2.45) is 0 Å². The number of aliphatic carboxylic acids is 1. The first-order chi connectivity index (χ1) is 8.99. The third kappa shape index (κ3) is 5.85. The molecule has 0 saturated heterocycles. The number of nitrogens with one attached hydrogen (secondary N) is 1. The van der Waals surface area contributed by atoms with Crippen LogP contribution in [0.4, 0.5) is 15.8 Å². The fraction of sp³-hybridized carbons (Fsp3) is 0.385. The summed E-state index contributed by atoms with van der Waals surface area (Å²) in [6.45, 7) is 0. The standard InChI is InChI=1S/C13H17FN2O3/c14-9-6-7-11(10(15)8-9)16-12(17)4-2-1-3-5-13(18)19/h6-8H,1-5,15H2,(H,16,17)(H,18,19). The molecule has 6 heteroatoms. The van der Waals surface area contributed by atoms with Gasteiger partial charge in [0, 0.05) is 12.8 Å². The Labute approximate surface area is 110 Å². The lowest BCUT2D eigenvalue weighted by molar-refractivity contribution is -0.137. The minimum absolute atomic E-state index is 0.118. The quantitative estimate of drug-likeness (QED) is 0.523. The molecule has 0 spiro atoms. The van der Waals surface area contributed by atoms with E-state index in [1.807, 2.05) is 0 Å². The summed E-state index contributed by atoms with van der Waals surface area (Å²) < 4.78 is 12.8. The smallest absolute Gasteiger partial charge is 0.303 e. The fourth-order valence-electron chi connectivity index (χ4n) is 1.60. The second kappa shape index (κ2) is 7.35. The van der Waals surface area contributed by atoms with Gasteiger partial charge in [-0.25, -0.2) is 4.39 Å². The van der Waals surface area contributed by atoms with E-state index < -0.39 is 11.8 Å². The predicted molar refractivity (Wildman–Crippen MR) is 70.2 cm³/mol. The second-order valence-corrected chi connectivity index (χ2v) is 4.23. The number of halogens is 1. The normalized spacial score (nSPS) is 10.2. The molecule has 0 bridgehead atoms. The monoisotopic (exact) mass is 268 g/mol. The Morgan fingerprint density at radius 2 is 1.89 bits per heavy atom. The van der Waals surface area contributed by atoms with Crippen molar-refractivity contribution in [1.29, 1.82) is 0 Å². The molecule has 104 valence electrons. The van der Waals surface area contributed by atoms with Crippen LogP contribution in [0.15, 0.2) is 18.2 Å². The van der Waals surface area contributed by atoms with E-state index >= 15 is 0 Å². The maximum absolute atomic E-state index is 12.8. The molecule has 0 aliphatic rings. The Morgan fingerprint density at radius 1 is 1.21 bits per heavy atom. The van der Waals surface area contributed by atoms with E-state index in [0.29, 0.717) is 24.9 Å². The topological polar surface area (TPSA) is 92.4 Å². The van der Waals surface area contributed by atoms with Gasteiger partial charge in [0.2, 0.25) is 5.91 Å². The molecule has 0 heterocycles. The molecule has 19 heavy (non-hydrogen) atoms. The number of anilines is 2. The van der Waals surface area contributed by atoms with Gasteiger partial charge >= 0.3 is 5.97 Å². The predicted octanol–water partition coefficient (Wildman–Crippen LogP) is 2.38. The van der Waals surface area contributed by atoms with E-state index in [4.69, 9.17) is 10.8 Å². The molecule has 1 rings (SSSR count). The van der Waals surface area contributed by atoms with Crippen molar-refractivity contribution in [3.8, 4) is 0 Å². The third-order valence-corrected chi connectivity index (χ3v) is 2.58. The molecule has 0 aliphatic carbocycles. The van der Waals surface area contributed by atoms with Crippen molar-refractivity contribution in [2.45, 2.75) is 32.1 Å². The molecule has 0 radical (unpaired) electrons. The van der Waals surface area contributed by atoms with Gasteiger partial charge in [-0.3, -0.25) is 9.59 Å². The summed E-state index contributed by atoms with van der Waals surface area (Å²) in [4.78, 5) is 21.8. The lowest BCUT2D eigenvalue weighted by Gasteiger charge is -2.07. The molecule has 0 fully saturated rings. The highest BCUT2D eigenvalue weighted by Gasteiger charge is 2.06. The first-order valence-electron chi connectivity index (χ1n) is 6.05. The average Bonchev–Trinajstić information content (AvgIpc) is 2.32. The van der Waals surface area contributed by atoms with Crippen LogP contribution in [-0.2, 0) is 9.59 Å². The number of benzene rings is 1. The lowest BCUT2D eigenvalue weighted by Crippen LogP contribution is -2.12. The minimum Gasteiger partial charge on any atom is -0.481 e. The van der Waals surface area contributed by atoms with Gasteiger partial charge in [-0.1, -0.05) is 6.42 Å². The van der Waals surface area contributed by atoms with Crippen LogP contribution < -0.4 is 11.1 Å². The Kier molecular flexibility index (Phi) is 5.78. The largest absolute Gasteiger partial charge is 0.481 e. The van der Waals surface area contributed by atoms with Gasteiger partial charge in [-0.05, 0) is 31.0 Å². The molecule has 0 saturated carbocycles. The van der Waals surface area contributed by atoms with Crippen molar-refractivity contribution >= 4 is 23.3 Å². The Balaban J connectivity index is 2.29. The van der Waals surface area contributed by atoms with Gasteiger partial charge in [-0.15, -0.1) is 0 Å². The number of hydrogen-bond donors (Lipinski definition) is 3. The average molecular weight is 268 g/mol. The number of nitrogen functional groups attached to an aromatic ring is 1. The maximum atomic E-state index is 12.8. The van der Waals surface area contributed by atoms with E-state index in [-0.39, 0.29) is 24.4 Å². The second-order valence-electron chi connectivity index (χ2n) is 4.23. The number of carbonyl (C=O) groups excluding carboxylic acids is 1. The van der Waals surface area contributed by atoms with Crippen LogP contribution in [0.25, 0.3) is 0 Å². The molecule has 0 aliphatic heterocycles. The number of carbonyl (C=O) groups is 2. The Bertz CT molecular complexity index is 463. The fourth-order valence-corrected chi connectivity index (χ4v) is 1.60. The van der Waals surface area contributed by atoms with Gasteiger partial charge in [0.25, 0.3) is 0 Å². The summed E-state index contributed by atoms with van der Waals surface area (Å²) in [5, 5.41) is 11.0. The van der Waals surface area contributed by atoms with Crippen molar-refractivity contribution in [3.63, 3.8) is 0 Å². The molecule has 0 aromatic heterocycles. The summed E-state index contributed by atoms with van der Waals surface area (Å²) >= 11 is 0. The number of rotatable bonds is 7. The van der Waals surface area contributed by atoms with Crippen LogP contribution in [-0.4, -0.2) is 17.0 Å². The van der Waals surface area contributed by atoms with E-state index in [1.165, 1.54) is 12.1 Å². The SMILES string of the molecule is Nc1cc(F)ccc1NC(=O)CCCCCC(=O)O. The number of carboxylic acids is 1. The minimum atomic E-state index is -0.830. The maximum Gasteiger partial charge on any atom is 0.303 e. The molecule has 5 nitrogen and oxygen atoms in total. The molecule has 4 N–H and O–H groups in total. The Hall–Kier alpha value is -2.11. The zero-order valence-corrected chi connectivity index (χ0v) is 10.5. The van der Waals surface area contributed by atoms with E-state index in [1.54, 1.807) is 0 Å². The van der Waals surface area contributed by atoms with Gasteiger partial charge < -0.3 is 16.2 Å². The highest BCUT2D eigenvalue weighted by Crippen LogP contribution is 2.19. The summed E-state index contributed by atoms with van der Waals surface area (Å²) in [7, 11) is 0. The van der Waals surface area contributed by atoms with Crippen LogP contribution in [0.2, 0.25) is 0 Å². The van der Waals surface area contributed by atoms with Crippen LogP contribution in [0.1, 0.15) is 32.1 Å². The third-order valence-electron chi connectivity index (χ3n) is 2.58. The summed E-state index contributed by atoms with van der Waals surface area (Å²) in [6, 6.07) is 3.77. The molecular weight excluding hydrogens is 251 g/mol. The highest BCUT2D eigenvalue weighted by atomic mass is 19.1. The lowest BCUT2D eigenvalue weighted by atomic mass is 10.1. The van der Waals surface area contributed by atoms with Crippen LogP contribution in [0, 0.1) is 5.82 Å². The number of amides is 1. The molecular formula is C13H17FN2O3. The Morgan fingerprint density at radius 3 is 2.53 bits per heavy atom. The summed E-state index contributed by atoms with van der Waals surface area (Å²) in [6.07, 6.45) is 2.25. The van der Waals surface area contributed by atoms with Gasteiger partial charge in [0.05, 0.1) is 11.4 Å². The number of unbranched alkanes of at least 4 members (excludes halogenated alkanes) is 2. The molecule has 1 aromatic rings. The number of hydrogen-bond acceptors (Lipinski definition) is 3. The van der Waals surface area contributed by atoms with E-state index in [0.717, 1.165) is 6.07 Å². The van der Waals surface area contributed by atoms with Gasteiger partial charge in [-0.2, -0.15) is 0 Å². The van der Waals surface area contributed by atoms with Crippen molar-refractivity contribution < 1.29 is 19.1 Å². The van der Waals surface area contributed by atoms with Gasteiger partial charge in [0.1, 0.15) is 5.82 Å². The van der Waals surface area contributed by atoms with Crippen molar-refractivity contribution in [3.05, 3.63) is 24.0 Å². The zero-order chi connectivity index (χ0) is 14.3. The van der Waals surface area contributed by atoms with Crippen molar-refractivity contribution in [1.82, 2.24) is 0 Å². The molecule has 0 unspecified atom stereocenters. The zero-order valence-electron chi connectivity index (χ0n) is 10.5. The summed E-state index contributed by atoms with van der Waals surface area (Å²) in [5.41, 5.74) is 6.13. The first-order valence-corrected chi connectivity index (χ1v) is 6.05. The number of nitrogens with two attached hydrogens (primary N) is 1. The summed E-state index contributed by atoms with van der Waals surface area (Å²) in [5.74, 6) is -1.50.